The summed E-state index contributed by atoms with van der Waals surface area (Å²) in [5.74, 6) is -6.11. The quantitative estimate of drug-likeness (QED) is 0.518. The van der Waals surface area contributed by atoms with E-state index in [9.17, 15) is 14.4 Å². The highest BCUT2D eigenvalue weighted by Gasteiger charge is 2.52. The summed E-state index contributed by atoms with van der Waals surface area (Å²) in [7, 11) is 0. The van der Waals surface area contributed by atoms with Crippen molar-refractivity contribution >= 4 is 17.8 Å². The number of amides is 1. The van der Waals surface area contributed by atoms with E-state index in [1.54, 1.807) is 0 Å². The van der Waals surface area contributed by atoms with Crippen LogP contribution in [-0.2, 0) is 14.4 Å². The topological polar surface area (TPSA) is 118 Å². The van der Waals surface area contributed by atoms with Gasteiger partial charge in [-0.15, -0.1) is 0 Å². The van der Waals surface area contributed by atoms with Crippen LogP contribution in [0.15, 0.2) is 0 Å². The van der Waals surface area contributed by atoms with Gasteiger partial charge in [-0.3, -0.25) is 14.4 Å². The molecule has 1 aliphatic rings. The summed E-state index contributed by atoms with van der Waals surface area (Å²) in [6.07, 6.45) is -0.0156. The molecule has 0 bridgehead atoms. The van der Waals surface area contributed by atoms with Gasteiger partial charge >= 0.3 is 11.9 Å². The molecule has 4 N–H and O–H groups in total. The van der Waals surface area contributed by atoms with Gasteiger partial charge in [0.15, 0.2) is 0 Å². The van der Waals surface area contributed by atoms with Gasteiger partial charge in [-0.2, -0.15) is 0 Å². The molecule has 6 nitrogen and oxygen atoms in total. The zero-order chi connectivity index (χ0) is 10.2. The minimum Gasteiger partial charge on any atom is -0.481 e. The van der Waals surface area contributed by atoms with Gasteiger partial charge in [0.25, 0.3) is 0 Å². The number of carboxylic acid groups (broad SMARTS) is 2. The molecule has 0 radical (unpaired) electrons. The first-order chi connectivity index (χ1) is 5.95. The molecule has 2 atom stereocenters. The van der Waals surface area contributed by atoms with Gasteiger partial charge in [-0.05, 0) is 6.42 Å². The normalized spacial score (nSPS) is 31.8. The Bertz CT molecular complexity index is 254. The van der Waals surface area contributed by atoms with Crippen molar-refractivity contribution in [3.8, 4) is 0 Å². The largest absolute Gasteiger partial charge is 0.481 e. The van der Waals surface area contributed by atoms with E-state index in [1.807, 2.05) is 0 Å². The number of aliphatic carboxylic acids is 2. The first-order valence-corrected chi connectivity index (χ1v) is 3.70. The third kappa shape index (κ3) is 1.47. The van der Waals surface area contributed by atoms with Gasteiger partial charge in [0.2, 0.25) is 5.91 Å². The van der Waals surface area contributed by atoms with Crippen molar-refractivity contribution in [1.82, 2.24) is 0 Å². The lowest BCUT2D eigenvalue weighted by Crippen LogP contribution is -2.51. The second-order valence-electron chi connectivity index (χ2n) is 3.05. The molecule has 0 spiro atoms. The van der Waals surface area contributed by atoms with Crippen LogP contribution in [-0.4, -0.2) is 28.1 Å². The lowest BCUT2D eigenvalue weighted by atomic mass is 9.64. The standard InChI is InChI=1S/C7H9NO5/c8-5(9)4-2(6(10)11)1-3(4)7(12)13/h2-4H,1H2,(H2,8,9)(H,10,11)(H,12,13). The predicted octanol–water partition coefficient (Wildman–Crippen LogP) is -1.11. The first-order valence-electron chi connectivity index (χ1n) is 3.70. The number of hydrogen-bond donors (Lipinski definition) is 3. The molecule has 2 unspecified atom stereocenters. The van der Waals surface area contributed by atoms with Crippen LogP contribution in [0.5, 0.6) is 0 Å². The molecule has 1 aliphatic carbocycles. The van der Waals surface area contributed by atoms with Gasteiger partial charge in [-0.25, -0.2) is 0 Å². The van der Waals surface area contributed by atoms with Crippen LogP contribution in [0.1, 0.15) is 6.42 Å². The van der Waals surface area contributed by atoms with E-state index >= 15 is 0 Å². The number of primary amides is 1. The van der Waals surface area contributed by atoms with Crippen LogP contribution in [0.2, 0.25) is 0 Å². The van der Waals surface area contributed by atoms with E-state index in [-0.39, 0.29) is 6.42 Å². The van der Waals surface area contributed by atoms with Crippen molar-refractivity contribution in [3.63, 3.8) is 0 Å². The molecule has 0 saturated heterocycles. The SMILES string of the molecule is NC(=O)C1C(C(=O)O)CC1C(=O)O. The summed E-state index contributed by atoms with van der Waals surface area (Å²) >= 11 is 0. The predicted molar refractivity (Wildman–Crippen MR) is 39.6 cm³/mol. The molecule has 0 aromatic carbocycles. The lowest BCUT2D eigenvalue weighted by molar-refractivity contribution is -0.166. The number of hydrogen-bond acceptors (Lipinski definition) is 3. The summed E-state index contributed by atoms with van der Waals surface area (Å²) in [5.41, 5.74) is 4.89. The van der Waals surface area contributed by atoms with E-state index in [0.29, 0.717) is 0 Å². The Kier molecular flexibility index (Phi) is 2.22. The Balaban J connectivity index is 2.74. The summed E-state index contributed by atoms with van der Waals surface area (Å²) in [6, 6.07) is 0. The molecule has 0 heterocycles. The van der Waals surface area contributed by atoms with Crippen LogP contribution in [0.25, 0.3) is 0 Å². The Hall–Kier alpha value is -1.59. The lowest BCUT2D eigenvalue weighted by Gasteiger charge is -2.37. The van der Waals surface area contributed by atoms with Gasteiger partial charge in [0, 0.05) is 0 Å². The second-order valence-corrected chi connectivity index (χ2v) is 3.05. The molecule has 72 valence electrons. The molecule has 0 aromatic heterocycles. The summed E-state index contributed by atoms with van der Waals surface area (Å²) in [6.45, 7) is 0. The number of rotatable bonds is 3. The Labute approximate surface area is 73.3 Å². The summed E-state index contributed by atoms with van der Waals surface area (Å²) in [5, 5.41) is 17.1. The van der Waals surface area contributed by atoms with Crippen molar-refractivity contribution in [2.75, 3.05) is 0 Å². The highest BCUT2D eigenvalue weighted by Crippen LogP contribution is 2.40. The number of carboxylic acids is 2. The highest BCUT2D eigenvalue weighted by atomic mass is 16.4. The fourth-order valence-electron chi connectivity index (χ4n) is 1.56. The fraction of sp³-hybridized carbons (Fsp3) is 0.571. The third-order valence-corrected chi connectivity index (χ3v) is 2.34. The molecular formula is C7H9NO5. The average molecular weight is 187 g/mol. The maximum Gasteiger partial charge on any atom is 0.307 e. The summed E-state index contributed by atoms with van der Waals surface area (Å²) in [4.78, 5) is 31.6. The van der Waals surface area contributed by atoms with Crippen molar-refractivity contribution < 1.29 is 24.6 Å². The zero-order valence-electron chi connectivity index (χ0n) is 6.64. The molecular weight excluding hydrogens is 178 g/mol. The third-order valence-electron chi connectivity index (χ3n) is 2.34. The van der Waals surface area contributed by atoms with Crippen molar-refractivity contribution in [2.45, 2.75) is 6.42 Å². The molecule has 1 fully saturated rings. The Morgan fingerprint density at radius 3 is 1.69 bits per heavy atom. The molecule has 6 heteroatoms. The molecule has 1 rings (SSSR count). The van der Waals surface area contributed by atoms with Crippen molar-refractivity contribution in [1.29, 1.82) is 0 Å². The van der Waals surface area contributed by atoms with Gasteiger partial charge in [0.1, 0.15) is 0 Å². The van der Waals surface area contributed by atoms with E-state index < -0.39 is 35.6 Å². The van der Waals surface area contributed by atoms with Crippen molar-refractivity contribution in [2.24, 2.45) is 23.5 Å². The Morgan fingerprint density at radius 1 is 1.08 bits per heavy atom. The number of carbonyl (C=O) groups is 3. The first kappa shape index (κ1) is 9.50. The number of nitrogens with two attached hydrogens (primary N) is 1. The maximum absolute atomic E-state index is 10.7. The smallest absolute Gasteiger partial charge is 0.307 e. The summed E-state index contributed by atoms with van der Waals surface area (Å²) < 4.78 is 0. The van der Waals surface area contributed by atoms with Crippen LogP contribution >= 0.6 is 0 Å². The maximum atomic E-state index is 10.7. The van der Waals surface area contributed by atoms with Crippen molar-refractivity contribution in [3.05, 3.63) is 0 Å². The van der Waals surface area contributed by atoms with Crippen LogP contribution in [0, 0.1) is 17.8 Å². The zero-order valence-corrected chi connectivity index (χ0v) is 6.64. The average Bonchev–Trinajstić information content (AvgIpc) is 1.79. The van der Waals surface area contributed by atoms with E-state index in [0.717, 1.165) is 0 Å². The van der Waals surface area contributed by atoms with Crippen LogP contribution in [0.3, 0.4) is 0 Å². The Morgan fingerprint density at radius 2 is 1.46 bits per heavy atom. The monoisotopic (exact) mass is 187 g/mol. The van der Waals surface area contributed by atoms with E-state index in [1.165, 1.54) is 0 Å². The van der Waals surface area contributed by atoms with E-state index in [4.69, 9.17) is 15.9 Å². The van der Waals surface area contributed by atoms with Crippen LogP contribution < -0.4 is 5.73 Å². The van der Waals surface area contributed by atoms with Gasteiger partial charge in [-0.1, -0.05) is 0 Å². The number of carbonyl (C=O) groups excluding carboxylic acids is 1. The fourth-order valence-corrected chi connectivity index (χ4v) is 1.56. The molecule has 1 saturated carbocycles. The highest BCUT2D eigenvalue weighted by molar-refractivity contribution is 5.91. The molecule has 13 heavy (non-hydrogen) atoms. The van der Waals surface area contributed by atoms with Gasteiger partial charge < -0.3 is 15.9 Å². The molecule has 0 aliphatic heterocycles. The minimum absolute atomic E-state index is 0.0156. The molecule has 0 aromatic rings. The minimum atomic E-state index is -1.17. The second kappa shape index (κ2) is 3.04. The molecule has 1 amide bonds. The van der Waals surface area contributed by atoms with E-state index in [2.05, 4.69) is 0 Å². The van der Waals surface area contributed by atoms with Crippen LogP contribution in [0.4, 0.5) is 0 Å². The van der Waals surface area contributed by atoms with Gasteiger partial charge in [0.05, 0.1) is 17.8 Å².